The first-order valence-corrected chi connectivity index (χ1v) is 6.37. The number of phenolic OH excluding ortho intramolecular Hbond substituents is 1. The van der Waals surface area contributed by atoms with E-state index in [2.05, 4.69) is 5.32 Å². The number of aryl methyl sites for hydroxylation is 1. The first-order valence-electron chi connectivity index (χ1n) is 6.37. The largest absolute Gasteiger partial charge is 0.508 e. The van der Waals surface area contributed by atoms with Crippen molar-refractivity contribution in [3.05, 3.63) is 65.2 Å². The first-order chi connectivity index (χ1) is 10.1. The predicted molar refractivity (Wildman–Crippen MR) is 81.5 cm³/mol. The molecular formula is C17H14N2O2. The van der Waals surface area contributed by atoms with Crippen LogP contribution in [0.3, 0.4) is 0 Å². The number of carbonyl (C=O) groups excluding carboxylic acids is 1. The van der Waals surface area contributed by atoms with Gasteiger partial charge in [-0.15, -0.1) is 0 Å². The molecule has 2 rings (SSSR count). The van der Waals surface area contributed by atoms with E-state index in [1.807, 2.05) is 37.3 Å². The molecule has 4 nitrogen and oxygen atoms in total. The number of phenols is 1. The van der Waals surface area contributed by atoms with Gasteiger partial charge in [-0.05, 0) is 42.8 Å². The lowest BCUT2D eigenvalue weighted by Gasteiger charge is -2.04. The highest BCUT2D eigenvalue weighted by atomic mass is 16.3. The van der Waals surface area contributed by atoms with Crippen molar-refractivity contribution >= 4 is 17.7 Å². The highest BCUT2D eigenvalue weighted by Gasteiger charge is 2.09. The van der Waals surface area contributed by atoms with Crippen molar-refractivity contribution in [1.29, 1.82) is 5.26 Å². The number of benzene rings is 2. The molecule has 2 N–H and O–H groups in total. The second kappa shape index (κ2) is 6.40. The number of amides is 1. The molecule has 0 bridgehead atoms. The molecule has 0 aliphatic heterocycles. The van der Waals surface area contributed by atoms with Crippen molar-refractivity contribution in [1.82, 2.24) is 0 Å². The zero-order chi connectivity index (χ0) is 15.2. The van der Waals surface area contributed by atoms with Gasteiger partial charge in [0.15, 0.2) is 0 Å². The summed E-state index contributed by atoms with van der Waals surface area (Å²) in [6, 6.07) is 15.5. The molecular weight excluding hydrogens is 264 g/mol. The molecule has 4 heteroatoms. The van der Waals surface area contributed by atoms with Gasteiger partial charge in [-0.25, -0.2) is 0 Å². The number of nitriles is 1. The van der Waals surface area contributed by atoms with Crippen LogP contribution >= 0.6 is 0 Å². The Hall–Kier alpha value is -3.06. The summed E-state index contributed by atoms with van der Waals surface area (Å²) in [7, 11) is 0. The molecule has 104 valence electrons. The normalized spacial score (nSPS) is 10.8. The minimum absolute atomic E-state index is 0.0203. The molecule has 21 heavy (non-hydrogen) atoms. The van der Waals surface area contributed by atoms with E-state index in [1.165, 1.54) is 18.2 Å². The van der Waals surface area contributed by atoms with E-state index in [9.17, 15) is 9.90 Å². The van der Waals surface area contributed by atoms with Gasteiger partial charge < -0.3 is 10.4 Å². The Morgan fingerprint density at radius 1 is 1.14 bits per heavy atom. The number of hydrogen-bond donors (Lipinski definition) is 2. The van der Waals surface area contributed by atoms with Crippen LogP contribution in [0, 0.1) is 18.3 Å². The van der Waals surface area contributed by atoms with Crippen LogP contribution in [0.5, 0.6) is 5.75 Å². The van der Waals surface area contributed by atoms with E-state index in [4.69, 9.17) is 5.26 Å². The quantitative estimate of drug-likeness (QED) is 0.514. The van der Waals surface area contributed by atoms with Gasteiger partial charge in [0, 0.05) is 5.69 Å². The number of anilines is 1. The zero-order valence-corrected chi connectivity index (χ0v) is 11.5. The Morgan fingerprint density at radius 3 is 2.33 bits per heavy atom. The van der Waals surface area contributed by atoms with E-state index < -0.39 is 5.91 Å². The number of hydrogen-bond acceptors (Lipinski definition) is 3. The molecule has 2 aromatic rings. The average molecular weight is 278 g/mol. The maximum atomic E-state index is 12.0. The number of carbonyl (C=O) groups is 1. The van der Waals surface area contributed by atoms with Crippen LogP contribution in [0.2, 0.25) is 0 Å². The second-order valence-corrected chi connectivity index (χ2v) is 4.58. The highest BCUT2D eigenvalue weighted by Crippen LogP contribution is 2.15. The first kappa shape index (κ1) is 14.4. The van der Waals surface area contributed by atoms with Crippen LogP contribution in [0.15, 0.2) is 54.1 Å². The Morgan fingerprint density at radius 2 is 1.76 bits per heavy atom. The summed E-state index contributed by atoms with van der Waals surface area (Å²) >= 11 is 0. The summed E-state index contributed by atoms with van der Waals surface area (Å²) in [6.07, 6.45) is 1.54. The summed E-state index contributed by atoms with van der Waals surface area (Å²) in [6.45, 7) is 1.97. The molecule has 2 aromatic carbocycles. The Balaban J connectivity index is 2.17. The summed E-state index contributed by atoms with van der Waals surface area (Å²) < 4.78 is 0. The van der Waals surface area contributed by atoms with Crippen LogP contribution < -0.4 is 5.32 Å². The van der Waals surface area contributed by atoms with Crippen molar-refractivity contribution in [3.63, 3.8) is 0 Å². The van der Waals surface area contributed by atoms with Gasteiger partial charge in [-0.2, -0.15) is 5.26 Å². The van der Waals surface area contributed by atoms with E-state index in [0.29, 0.717) is 5.69 Å². The molecule has 0 saturated carbocycles. The fourth-order valence-corrected chi connectivity index (χ4v) is 1.72. The Labute approximate surface area is 123 Å². The molecule has 0 unspecified atom stereocenters. The third-order valence-corrected chi connectivity index (χ3v) is 2.88. The number of aromatic hydroxyl groups is 1. The van der Waals surface area contributed by atoms with Gasteiger partial charge in [0.25, 0.3) is 5.91 Å². The molecule has 0 atom stereocenters. The van der Waals surface area contributed by atoms with Crippen LogP contribution in [0.1, 0.15) is 11.1 Å². The van der Waals surface area contributed by atoms with Gasteiger partial charge in [0.1, 0.15) is 17.4 Å². The summed E-state index contributed by atoms with van der Waals surface area (Å²) in [5.74, 6) is -0.368. The topological polar surface area (TPSA) is 73.1 Å². The van der Waals surface area contributed by atoms with Crippen LogP contribution in [-0.4, -0.2) is 11.0 Å². The average Bonchev–Trinajstić information content (AvgIpc) is 2.49. The third kappa shape index (κ3) is 3.95. The molecule has 0 radical (unpaired) electrons. The van der Waals surface area contributed by atoms with Crippen LogP contribution in [-0.2, 0) is 4.79 Å². The molecule has 0 aliphatic rings. The fourth-order valence-electron chi connectivity index (χ4n) is 1.72. The van der Waals surface area contributed by atoms with E-state index in [1.54, 1.807) is 12.1 Å². The van der Waals surface area contributed by atoms with Crippen molar-refractivity contribution in [2.24, 2.45) is 0 Å². The van der Waals surface area contributed by atoms with Gasteiger partial charge in [0.2, 0.25) is 0 Å². The van der Waals surface area contributed by atoms with Gasteiger partial charge >= 0.3 is 0 Å². The Kier molecular flexibility index (Phi) is 4.37. The highest BCUT2D eigenvalue weighted by molar-refractivity contribution is 6.09. The van der Waals surface area contributed by atoms with Crippen molar-refractivity contribution in [2.75, 3.05) is 5.32 Å². The smallest absolute Gasteiger partial charge is 0.266 e. The van der Waals surface area contributed by atoms with Crippen molar-refractivity contribution < 1.29 is 9.90 Å². The second-order valence-electron chi connectivity index (χ2n) is 4.58. The van der Waals surface area contributed by atoms with Gasteiger partial charge in [0.05, 0.1) is 0 Å². The summed E-state index contributed by atoms with van der Waals surface area (Å²) in [5.41, 5.74) is 2.44. The summed E-state index contributed by atoms with van der Waals surface area (Å²) in [5, 5.41) is 20.9. The monoisotopic (exact) mass is 278 g/mol. The number of nitrogens with zero attached hydrogens (tertiary/aromatic N) is 1. The minimum atomic E-state index is -0.483. The molecule has 0 spiro atoms. The number of rotatable bonds is 3. The van der Waals surface area contributed by atoms with E-state index in [-0.39, 0.29) is 11.3 Å². The molecule has 0 heterocycles. The van der Waals surface area contributed by atoms with Gasteiger partial charge in [-0.1, -0.05) is 29.8 Å². The lowest BCUT2D eigenvalue weighted by Crippen LogP contribution is -2.13. The maximum Gasteiger partial charge on any atom is 0.266 e. The predicted octanol–water partition coefficient (Wildman–Crippen LogP) is 3.25. The van der Waals surface area contributed by atoms with Crippen LogP contribution in [0.4, 0.5) is 5.69 Å². The lowest BCUT2D eigenvalue weighted by molar-refractivity contribution is -0.112. The molecule has 0 aromatic heterocycles. The SMILES string of the molecule is Cc1ccc(/C=C(/C#N)C(=O)Nc2ccc(O)cc2)cc1. The van der Waals surface area contributed by atoms with Gasteiger partial charge in [-0.3, -0.25) is 4.79 Å². The van der Waals surface area contributed by atoms with Crippen LogP contribution in [0.25, 0.3) is 6.08 Å². The Bertz CT molecular complexity index is 708. The molecule has 0 fully saturated rings. The van der Waals surface area contributed by atoms with E-state index in [0.717, 1.165) is 11.1 Å². The molecule has 1 amide bonds. The summed E-state index contributed by atoms with van der Waals surface area (Å²) in [4.78, 5) is 12.0. The fraction of sp³-hybridized carbons (Fsp3) is 0.0588. The maximum absolute atomic E-state index is 12.0. The third-order valence-electron chi connectivity index (χ3n) is 2.88. The minimum Gasteiger partial charge on any atom is -0.508 e. The van der Waals surface area contributed by atoms with Crippen molar-refractivity contribution in [2.45, 2.75) is 6.92 Å². The van der Waals surface area contributed by atoms with E-state index >= 15 is 0 Å². The lowest BCUT2D eigenvalue weighted by atomic mass is 10.1. The van der Waals surface area contributed by atoms with Crippen molar-refractivity contribution in [3.8, 4) is 11.8 Å². The molecule has 0 saturated heterocycles. The molecule has 0 aliphatic carbocycles. The standard InChI is InChI=1S/C17H14N2O2/c1-12-2-4-13(5-3-12)10-14(11-18)17(21)19-15-6-8-16(20)9-7-15/h2-10,20H,1H3,(H,19,21)/b14-10-. The number of nitrogens with one attached hydrogen (secondary N) is 1. The zero-order valence-electron chi connectivity index (χ0n) is 11.5.